The van der Waals surface area contributed by atoms with Gasteiger partial charge < -0.3 is 9.80 Å². The maximum absolute atomic E-state index is 12.5. The van der Waals surface area contributed by atoms with Crippen LogP contribution in [0.5, 0.6) is 0 Å². The third kappa shape index (κ3) is 4.76. The summed E-state index contributed by atoms with van der Waals surface area (Å²) in [6.45, 7) is 4.21. The third-order valence-corrected chi connectivity index (χ3v) is 5.81. The first kappa shape index (κ1) is 20.0. The van der Waals surface area contributed by atoms with E-state index in [0.717, 1.165) is 24.3 Å². The topological polar surface area (TPSA) is 101 Å². The number of carbonyl (C=O) groups excluding carboxylic acids is 2. The highest BCUT2D eigenvalue weighted by Gasteiger charge is 2.21. The first-order valence-corrected chi connectivity index (χ1v) is 10.5. The average molecular weight is 401 g/mol. The largest absolute Gasteiger partial charge is 0.368 e. The van der Waals surface area contributed by atoms with Gasteiger partial charge in [-0.1, -0.05) is 12.1 Å². The number of rotatable bonds is 5. The molecule has 1 amide bonds. The Morgan fingerprint density at radius 1 is 0.929 bits per heavy atom. The SMILES string of the molecule is CC(=O)c1ccc(N2CCN(C(=O)Cc3ccc(S(N)(=O)=O)cc3)CC2)cc1. The first-order chi connectivity index (χ1) is 13.2. The number of nitrogens with zero attached hydrogens (tertiary/aromatic N) is 2. The zero-order valence-electron chi connectivity index (χ0n) is 15.7. The van der Waals surface area contributed by atoms with Crippen molar-refractivity contribution in [1.82, 2.24) is 4.90 Å². The number of hydrogen-bond donors (Lipinski definition) is 1. The summed E-state index contributed by atoms with van der Waals surface area (Å²) >= 11 is 0. The van der Waals surface area contributed by atoms with Crippen molar-refractivity contribution >= 4 is 27.4 Å². The Kier molecular flexibility index (Phi) is 5.81. The number of hydrogen-bond acceptors (Lipinski definition) is 5. The number of primary sulfonamides is 1. The molecule has 2 aromatic carbocycles. The van der Waals surface area contributed by atoms with E-state index in [1.54, 1.807) is 19.1 Å². The van der Waals surface area contributed by atoms with Crippen LogP contribution in [0.2, 0.25) is 0 Å². The standard InChI is InChI=1S/C20H23N3O4S/c1-15(24)17-4-6-18(7-5-17)22-10-12-23(13-11-22)20(25)14-16-2-8-19(9-3-16)28(21,26)27/h2-9H,10-14H2,1H3,(H2,21,26,27). The quantitative estimate of drug-likeness (QED) is 0.764. The lowest BCUT2D eigenvalue weighted by atomic mass is 10.1. The Bertz CT molecular complexity index is 962. The van der Waals surface area contributed by atoms with Crippen molar-refractivity contribution < 1.29 is 18.0 Å². The van der Waals surface area contributed by atoms with Gasteiger partial charge in [-0.2, -0.15) is 0 Å². The summed E-state index contributed by atoms with van der Waals surface area (Å²) < 4.78 is 22.6. The Hall–Kier alpha value is -2.71. The van der Waals surface area contributed by atoms with E-state index in [1.807, 2.05) is 29.2 Å². The second-order valence-corrected chi connectivity index (χ2v) is 8.40. The Balaban J connectivity index is 1.55. The van der Waals surface area contributed by atoms with Crippen LogP contribution in [0.15, 0.2) is 53.4 Å². The van der Waals surface area contributed by atoms with Gasteiger partial charge in [0.15, 0.2) is 5.78 Å². The van der Waals surface area contributed by atoms with Crippen molar-refractivity contribution in [3.05, 3.63) is 59.7 Å². The molecule has 1 heterocycles. The highest BCUT2D eigenvalue weighted by Crippen LogP contribution is 2.18. The van der Waals surface area contributed by atoms with Crippen LogP contribution in [-0.2, 0) is 21.2 Å². The molecule has 148 valence electrons. The van der Waals surface area contributed by atoms with Crippen LogP contribution in [0.3, 0.4) is 0 Å². The molecule has 0 atom stereocenters. The Labute approximate surface area is 164 Å². The third-order valence-electron chi connectivity index (χ3n) is 4.88. The number of amides is 1. The molecular weight excluding hydrogens is 378 g/mol. The molecule has 28 heavy (non-hydrogen) atoms. The molecule has 1 fully saturated rings. The Morgan fingerprint density at radius 3 is 2.00 bits per heavy atom. The summed E-state index contributed by atoms with van der Waals surface area (Å²) in [6, 6.07) is 13.6. The molecule has 2 N–H and O–H groups in total. The normalized spacial score (nSPS) is 14.8. The predicted molar refractivity (Wildman–Crippen MR) is 107 cm³/mol. The van der Waals surface area contributed by atoms with Gasteiger partial charge in [0.2, 0.25) is 15.9 Å². The van der Waals surface area contributed by atoms with Crippen molar-refractivity contribution in [2.45, 2.75) is 18.2 Å². The van der Waals surface area contributed by atoms with Crippen LogP contribution < -0.4 is 10.0 Å². The maximum Gasteiger partial charge on any atom is 0.238 e. The molecule has 0 spiro atoms. The molecule has 1 saturated heterocycles. The lowest BCUT2D eigenvalue weighted by molar-refractivity contribution is -0.130. The van der Waals surface area contributed by atoms with Gasteiger partial charge in [0, 0.05) is 37.4 Å². The lowest BCUT2D eigenvalue weighted by Gasteiger charge is -2.36. The number of benzene rings is 2. The molecule has 0 saturated carbocycles. The molecule has 8 heteroatoms. The van der Waals surface area contributed by atoms with Crippen LogP contribution in [0.25, 0.3) is 0 Å². The minimum absolute atomic E-state index is 0.00920. The van der Waals surface area contributed by atoms with E-state index in [-0.39, 0.29) is 23.0 Å². The molecule has 0 bridgehead atoms. The molecule has 1 aliphatic heterocycles. The van der Waals surface area contributed by atoms with Crippen molar-refractivity contribution in [3.63, 3.8) is 0 Å². The van der Waals surface area contributed by atoms with E-state index in [9.17, 15) is 18.0 Å². The minimum atomic E-state index is -3.73. The van der Waals surface area contributed by atoms with Gasteiger partial charge in [-0.3, -0.25) is 9.59 Å². The van der Waals surface area contributed by atoms with Gasteiger partial charge in [0.05, 0.1) is 11.3 Å². The zero-order valence-corrected chi connectivity index (χ0v) is 16.5. The van der Waals surface area contributed by atoms with Gasteiger partial charge in [0.25, 0.3) is 0 Å². The number of piperazine rings is 1. The van der Waals surface area contributed by atoms with Crippen LogP contribution in [0.1, 0.15) is 22.8 Å². The van der Waals surface area contributed by atoms with Crippen molar-refractivity contribution in [1.29, 1.82) is 0 Å². The smallest absolute Gasteiger partial charge is 0.238 e. The van der Waals surface area contributed by atoms with Gasteiger partial charge >= 0.3 is 0 Å². The number of sulfonamides is 1. The van der Waals surface area contributed by atoms with Gasteiger partial charge in [0.1, 0.15) is 0 Å². The number of carbonyl (C=O) groups is 2. The van der Waals surface area contributed by atoms with Crippen LogP contribution in [0, 0.1) is 0 Å². The number of anilines is 1. The van der Waals surface area contributed by atoms with E-state index >= 15 is 0 Å². The average Bonchev–Trinajstić information content (AvgIpc) is 2.68. The number of nitrogens with two attached hydrogens (primary N) is 1. The molecular formula is C20H23N3O4S. The van der Waals surface area contributed by atoms with E-state index in [0.29, 0.717) is 18.7 Å². The zero-order chi connectivity index (χ0) is 20.3. The molecule has 0 unspecified atom stereocenters. The fraction of sp³-hybridized carbons (Fsp3) is 0.300. The lowest BCUT2D eigenvalue weighted by Crippen LogP contribution is -2.49. The van der Waals surface area contributed by atoms with Crippen LogP contribution in [0.4, 0.5) is 5.69 Å². The second kappa shape index (κ2) is 8.12. The maximum atomic E-state index is 12.5. The molecule has 1 aliphatic rings. The fourth-order valence-electron chi connectivity index (χ4n) is 3.20. The van der Waals surface area contributed by atoms with Gasteiger partial charge in [-0.05, 0) is 48.9 Å². The van der Waals surface area contributed by atoms with E-state index < -0.39 is 10.0 Å². The van der Waals surface area contributed by atoms with E-state index in [1.165, 1.54) is 12.1 Å². The summed E-state index contributed by atoms with van der Waals surface area (Å²) in [5.41, 5.74) is 2.47. The number of Topliss-reactive ketones (excluding diaryl/α,β-unsaturated/α-hetero) is 1. The molecule has 2 aromatic rings. The minimum Gasteiger partial charge on any atom is -0.368 e. The van der Waals surface area contributed by atoms with Gasteiger partial charge in [-0.25, -0.2) is 13.6 Å². The van der Waals surface area contributed by atoms with Crippen molar-refractivity contribution in [3.8, 4) is 0 Å². The van der Waals surface area contributed by atoms with Crippen LogP contribution in [-0.4, -0.2) is 51.2 Å². The Morgan fingerprint density at radius 2 is 1.50 bits per heavy atom. The molecule has 0 aromatic heterocycles. The van der Waals surface area contributed by atoms with E-state index in [4.69, 9.17) is 5.14 Å². The van der Waals surface area contributed by atoms with Crippen molar-refractivity contribution in [2.75, 3.05) is 31.1 Å². The number of ketones is 1. The predicted octanol–water partition coefficient (Wildman–Crippen LogP) is 1.43. The molecule has 3 rings (SSSR count). The monoisotopic (exact) mass is 401 g/mol. The summed E-state index contributed by atoms with van der Waals surface area (Å²) in [6.07, 6.45) is 0.220. The highest BCUT2D eigenvalue weighted by atomic mass is 32.2. The summed E-state index contributed by atoms with van der Waals surface area (Å²) in [4.78, 5) is 28.0. The summed E-state index contributed by atoms with van der Waals surface area (Å²) in [5, 5.41) is 5.08. The highest BCUT2D eigenvalue weighted by molar-refractivity contribution is 7.89. The molecule has 7 nitrogen and oxygen atoms in total. The summed E-state index contributed by atoms with van der Waals surface area (Å²) in [7, 11) is -3.73. The van der Waals surface area contributed by atoms with Crippen LogP contribution >= 0.6 is 0 Å². The van der Waals surface area contributed by atoms with Crippen molar-refractivity contribution in [2.24, 2.45) is 5.14 Å². The molecule has 0 radical (unpaired) electrons. The second-order valence-electron chi connectivity index (χ2n) is 6.84. The first-order valence-electron chi connectivity index (χ1n) is 8.99. The molecule has 0 aliphatic carbocycles. The van der Waals surface area contributed by atoms with E-state index in [2.05, 4.69) is 4.90 Å². The summed E-state index contributed by atoms with van der Waals surface area (Å²) in [5.74, 6) is 0.0500. The van der Waals surface area contributed by atoms with Gasteiger partial charge in [-0.15, -0.1) is 0 Å². The fourth-order valence-corrected chi connectivity index (χ4v) is 3.72.